The van der Waals surface area contributed by atoms with Crippen molar-refractivity contribution in [3.8, 4) is 0 Å². The number of sulfone groups is 1. The Morgan fingerprint density at radius 2 is 2.00 bits per heavy atom. The van der Waals surface area contributed by atoms with Gasteiger partial charge in [0, 0.05) is 12.8 Å². The Kier molecular flexibility index (Phi) is 3.66. The van der Waals surface area contributed by atoms with Gasteiger partial charge in [0.05, 0.1) is 4.90 Å². The molecule has 0 heterocycles. The van der Waals surface area contributed by atoms with Crippen molar-refractivity contribution in [3.63, 3.8) is 0 Å². The minimum Gasteiger partial charge on any atom is -0.327 e. The van der Waals surface area contributed by atoms with E-state index in [-0.39, 0.29) is 0 Å². The number of hydrogen-bond acceptors (Lipinski definition) is 3. The SMILES string of the molecule is CC(=CCN)c1ccccc1S(C)(=O)=O. The van der Waals surface area contributed by atoms with Gasteiger partial charge in [0.25, 0.3) is 0 Å². The Bertz CT molecular complexity index is 475. The van der Waals surface area contributed by atoms with E-state index >= 15 is 0 Å². The Hall–Kier alpha value is -1.13. The van der Waals surface area contributed by atoms with Gasteiger partial charge in [0.2, 0.25) is 0 Å². The first-order valence-corrected chi connectivity index (χ1v) is 6.52. The van der Waals surface area contributed by atoms with Crippen LogP contribution in [0.4, 0.5) is 0 Å². The number of rotatable bonds is 3. The molecule has 1 aromatic rings. The van der Waals surface area contributed by atoms with E-state index in [9.17, 15) is 8.42 Å². The number of benzene rings is 1. The van der Waals surface area contributed by atoms with Crippen LogP contribution in [0.2, 0.25) is 0 Å². The Balaban J connectivity index is 3.37. The van der Waals surface area contributed by atoms with Crippen LogP contribution in [0, 0.1) is 0 Å². The molecule has 0 aliphatic rings. The highest BCUT2D eigenvalue weighted by Crippen LogP contribution is 2.22. The second kappa shape index (κ2) is 4.59. The molecule has 0 atom stereocenters. The second-order valence-electron chi connectivity index (χ2n) is 3.39. The zero-order chi connectivity index (χ0) is 11.5. The lowest BCUT2D eigenvalue weighted by molar-refractivity contribution is 0.601. The zero-order valence-corrected chi connectivity index (χ0v) is 9.71. The molecule has 0 aliphatic carbocycles. The minimum atomic E-state index is -3.18. The summed E-state index contributed by atoms with van der Waals surface area (Å²) in [6, 6.07) is 6.93. The van der Waals surface area contributed by atoms with Crippen LogP contribution in [0.5, 0.6) is 0 Å². The molecule has 0 fully saturated rings. The highest BCUT2D eigenvalue weighted by molar-refractivity contribution is 7.90. The van der Waals surface area contributed by atoms with E-state index in [1.807, 2.05) is 19.1 Å². The summed E-state index contributed by atoms with van der Waals surface area (Å²) in [5.41, 5.74) is 7.01. The smallest absolute Gasteiger partial charge is 0.176 e. The van der Waals surface area contributed by atoms with Gasteiger partial charge in [0.1, 0.15) is 0 Å². The van der Waals surface area contributed by atoms with Crippen LogP contribution in [0.3, 0.4) is 0 Å². The average Bonchev–Trinajstić information content (AvgIpc) is 2.17. The van der Waals surface area contributed by atoms with Crippen molar-refractivity contribution in [1.29, 1.82) is 0 Å². The fourth-order valence-electron chi connectivity index (χ4n) is 1.40. The van der Waals surface area contributed by atoms with Crippen molar-refractivity contribution in [3.05, 3.63) is 35.9 Å². The lowest BCUT2D eigenvalue weighted by Crippen LogP contribution is -2.02. The summed E-state index contributed by atoms with van der Waals surface area (Å²) in [6.45, 7) is 2.26. The molecule has 0 bridgehead atoms. The molecule has 0 aromatic heterocycles. The highest BCUT2D eigenvalue weighted by atomic mass is 32.2. The van der Waals surface area contributed by atoms with Crippen molar-refractivity contribution in [2.75, 3.05) is 12.8 Å². The Labute approximate surface area is 90.5 Å². The summed E-state index contributed by atoms with van der Waals surface area (Å²) in [5, 5.41) is 0. The highest BCUT2D eigenvalue weighted by Gasteiger charge is 2.12. The first kappa shape index (κ1) is 11.9. The first-order chi connectivity index (χ1) is 6.96. The van der Waals surface area contributed by atoms with E-state index in [1.54, 1.807) is 18.2 Å². The normalized spacial score (nSPS) is 12.9. The molecular formula is C11H15NO2S. The summed E-state index contributed by atoms with van der Waals surface area (Å²) >= 11 is 0. The molecule has 1 aromatic carbocycles. The van der Waals surface area contributed by atoms with E-state index in [2.05, 4.69) is 0 Å². The van der Waals surface area contributed by atoms with Crippen LogP contribution in [-0.4, -0.2) is 21.2 Å². The zero-order valence-electron chi connectivity index (χ0n) is 8.90. The van der Waals surface area contributed by atoms with Gasteiger partial charge in [-0.25, -0.2) is 8.42 Å². The van der Waals surface area contributed by atoms with Gasteiger partial charge in [-0.2, -0.15) is 0 Å². The van der Waals surface area contributed by atoms with E-state index in [1.165, 1.54) is 6.26 Å². The maximum absolute atomic E-state index is 11.5. The fourth-order valence-corrected chi connectivity index (χ4v) is 2.36. The third-order valence-corrected chi connectivity index (χ3v) is 3.29. The van der Waals surface area contributed by atoms with Crippen LogP contribution < -0.4 is 5.73 Å². The number of allylic oxidation sites excluding steroid dienone is 1. The summed E-state index contributed by atoms with van der Waals surface area (Å²) < 4.78 is 23.0. The summed E-state index contributed by atoms with van der Waals surface area (Å²) in [5.74, 6) is 0. The first-order valence-electron chi connectivity index (χ1n) is 4.63. The van der Waals surface area contributed by atoms with Crippen molar-refractivity contribution in [2.24, 2.45) is 5.73 Å². The third kappa shape index (κ3) is 2.91. The van der Waals surface area contributed by atoms with Crippen molar-refractivity contribution >= 4 is 15.4 Å². The fraction of sp³-hybridized carbons (Fsp3) is 0.273. The molecule has 3 nitrogen and oxygen atoms in total. The van der Waals surface area contributed by atoms with Crippen molar-refractivity contribution < 1.29 is 8.42 Å². The van der Waals surface area contributed by atoms with Gasteiger partial charge in [-0.05, 0) is 24.1 Å². The summed E-state index contributed by atoms with van der Waals surface area (Å²) in [4.78, 5) is 0.354. The molecule has 0 amide bonds. The number of hydrogen-bond donors (Lipinski definition) is 1. The maximum atomic E-state index is 11.5. The molecule has 0 spiro atoms. The average molecular weight is 225 g/mol. The van der Waals surface area contributed by atoms with E-state index in [4.69, 9.17) is 5.73 Å². The second-order valence-corrected chi connectivity index (χ2v) is 5.38. The molecule has 0 saturated carbocycles. The van der Waals surface area contributed by atoms with Gasteiger partial charge in [0.15, 0.2) is 9.84 Å². The maximum Gasteiger partial charge on any atom is 0.176 e. The van der Waals surface area contributed by atoms with Crippen LogP contribution in [-0.2, 0) is 9.84 Å². The summed E-state index contributed by atoms with van der Waals surface area (Å²) in [7, 11) is -3.18. The molecule has 0 radical (unpaired) electrons. The van der Waals surface area contributed by atoms with Crippen LogP contribution in [0.15, 0.2) is 35.2 Å². The molecule has 4 heteroatoms. The van der Waals surface area contributed by atoms with E-state index in [0.717, 1.165) is 11.1 Å². The quantitative estimate of drug-likeness (QED) is 0.847. The topological polar surface area (TPSA) is 60.2 Å². The predicted molar refractivity (Wildman–Crippen MR) is 62.3 cm³/mol. The van der Waals surface area contributed by atoms with Crippen LogP contribution in [0.25, 0.3) is 5.57 Å². The molecule has 1 rings (SSSR count). The minimum absolute atomic E-state index is 0.354. The molecule has 0 aliphatic heterocycles. The van der Waals surface area contributed by atoms with Gasteiger partial charge < -0.3 is 5.73 Å². The molecule has 15 heavy (non-hydrogen) atoms. The lowest BCUT2D eigenvalue weighted by atomic mass is 10.1. The Morgan fingerprint density at radius 3 is 2.53 bits per heavy atom. The molecule has 82 valence electrons. The molecular weight excluding hydrogens is 210 g/mol. The standard InChI is InChI=1S/C11H15NO2S/c1-9(7-8-12)10-5-3-4-6-11(10)15(2,13)14/h3-7H,8,12H2,1-2H3. The number of nitrogens with two attached hydrogens (primary N) is 1. The lowest BCUT2D eigenvalue weighted by Gasteiger charge is -2.07. The van der Waals surface area contributed by atoms with Gasteiger partial charge >= 0.3 is 0 Å². The van der Waals surface area contributed by atoms with Gasteiger partial charge in [-0.3, -0.25) is 0 Å². The molecule has 0 unspecified atom stereocenters. The van der Waals surface area contributed by atoms with Gasteiger partial charge in [-0.15, -0.1) is 0 Å². The third-order valence-electron chi connectivity index (χ3n) is 2.14. The molecule has 2 N–H and O–H groups in total. The predicted octanol–water partition coefficient (Wildman–Crippen LogP) is 1.45. The van der Waals surface area contributed by atoms with E-state index in [0.29, 0.717) is 11.4 Å². The van der Waals surface area contributed by atoms with Crippen molar-refractivity contribution in [2.45, 2.75) is 11.8 Å². The largest absolute Gasteiger partial charge is 0.327 e. The van der Waals surface area contributed by atoms with E-state index < -0.39 is 9.84 Å². The Morgan fingerprint density at radius 1 is 1.40 bits per heavy atom. The summed E-state index contributed by atoms with van der Waals surface area (Å²) in [6.07, 6.45) is 3.02. The monoisotopic (exact) mass is 225 g/mol. The van der Waals surface area contributed by atoms with Crippen molar-refractivity contribution in [1.82, 2.24) is 0 Å². The van der Waals surface area contributed by atoms with Crippen LogP contribution >= 0.6 is 0 Å². The molecule has 0 saturated heterocycles. The van der Waals surface area contributed by atoms with Crippen LogP contribution in [0.1, 0.15) is 12.5 Å². The van der Waals surface area contributed by atoms with Gasteiger partial charge in [-0.1, -0.05) is 24.3 Å².